The summed E-state index contributed by atoms with van der Waals surface area (Å²) in [5, 5.41) is 8.88. The highest BCUT2D eigenvalue weighted by Crippen LogP contribution is 2.54. The molecule has 17 nitrogen and oxygen atoms in total. The van der Waals surface area contributed by atoms with Crippen LogP contribution in [0.1, 0.15) is 112 Å². The number of hydrogen-bond donors (Lipinski definition) is 2. The Bertz CT molecular complexity index is 3230. The molecule has 0 spiro atoms. The number of rotatable bonds is 13. The van der Waals surface area contributed by atoms with Crippen molar-refractivity contribution in [2.24, 2.45) is 23.2 Å². The fraction of sp³-hybridized carbons (Fsp3) is 0.585. The molecular weight excluding hydrogens is 1070 g/mol. The number of nitrogens with one attached hydrogen (secondary N) is 2. The van der Waals surface area contributed by atoms with Gasteiger partial charge < -0.3 is 33.6 Å². The molecule has 8 bridgehead atoms. The van der Waals surface area contributed by atoms with Crippen LogP contribution in [-0.2, 0) is 51.0 Å². The molecule has 5 saturated heterocycles. The van der Waals surface area contributed by atoms with Crippen LogP contribution in [0.3, 0.4) is 0 Å². The summed E-state index contributed by atoms with van der Waals surface area (Å²) in [6.45, 7) is 18.0. The molecule has 7 atom stereocenters. The number of cyclic esters (lactones) is 1. The maximum Gasteiger partial charge on any atom is 0.325 e. The largest absolute Gasteiger partial charge is 0.464 e. The maximum absolute atomic E-state index is 15.7. The Labute approximate surface area is 492 Å². The highest BCUT2D eigenvalue weighted by Gasteiger charge is 2.56. The molecule has 2 amide bonds. The van der Waals surface area contributed by atoms with Crippen molar-refractivity contribution in [1.29, 1.82) is 0 Å². The van der Waals surface area contributed by atoms with Crippen LogP contribution < -0.4 is 10.7 Å². The summed E-state index contributed by atoms with van der Waals surface area (Å²) < 4.78 is 33.3. The van der Waals surface area contributed by atoms with Crippen molar-refractivity contribution in [3.05, 3.63) is 93.6 Å². The normalized spacial score (nSPS) is 28.4. The Morgan fingerprint density at radius 2 is 1.71 bits per heavy atom. The molecular formula is C65H81N9O8S. The summed E-state index contributed by atoms with van der Waals surface area (Å²) in [6, 6.07) is 17.2. The van der Waals surface area contributed by atoms with Gasteiger partial charge in [0, 0.05) is 129 Å². The monoisotopic (exact) mass is 1150 g/mol. The van der Waals surface area contributed by atoms with E-state index in [4.69, 9.17) is 33.7 Å². The first-order chi connectivity index (χ1) is 40.4. The Morgan fingerprint density at radius 1 is 0.940 bits per heavy atom. The van der Waals surface area contributed by atoms with Gasteiger partial charge in [-0.2, -0.15) is 0 Å². The molecule has 83 heavy (non-hydrogen) atoms. The number of aromatic nitrogens is 3. The van der Waals surface area contributed by atoms with Gasteiger partial charge in [-0.05, 0) is 98.9 Å². The molecule has 440 valence electrons. The number of esters is 1. The van der Waals surface area contributed by atoms with Crippen LogP contribution in [0.15, 0.2) is 66.2 Å². The van der Waals surface area contributed by atoms with E-state index in [0.29, 0.717) is 78.5 Å². The third-order valence-corrected chi connectivity index (χ3v) is 20.1. The second-order valence-corrected chi connectivity index (χ2v) is 26.3. The molecule has 0 unspecified atom stereocenters. The average molecular weight is 1150 g/mol. The molecule has 0 radical (unpaired) electrons. The number of ether oxygens (including phenoxy) is 5. The zero-order valence-electron chi connectivity index (χ0n) is 48.9. The summed E-state index contributed by atoms with van der Waals surface area (Å²) in [6.07, 6.45) is 7.84. The van der Waals surface area contributed by atoms with E-state index in [9.17, 15) is 9.59 Å². The first-order valence-electron chi connectivity index (χ1n) is 30.6. The number of pyridine rings is 1. The van der Waals surface area contributed by atoms with Crippen LogP contribution in [-0.4, -0.2) is 175 Å². The number of carbonyl (C=O) groups is 3. The SMILES string of the molecule is CO[C@@H](C)c1ncc(C#CCN2CCN(C3CC3)CC2)cc1-c1c2c3cc(ccc3n1CCOC1CCOCC1)-c1csc(n1)[C@@H](N1CCOCC1)[C@H](NC(=O)[C@@H]1[C@@H](C)[C@H]1c1ccccc1)C(=O)N1N[C@H](C(=O)OCC(C)(C)C2)C2CC1C2. The van der Waals surface area contributed by atoms with Gasteiger partial charge in [0.2, 0.25) is 5.91 Å². The minimum Gasteiger partial charge on any atom is -0.464 e. The first-order valence-corrected chi connectivity index (χ1v) is 31.5. The predicted molar refractivity (Wildman–Crippen MR) is 317 cm³/mol. The Morgan fingerprint density at radius 3 is 2.47 bits per heavy atom. The van der Waals surface area contributed by atoms with E-state index in [0.717, 1.165) is 106 Å². The standard InChI is InChI=1S/C65H81N9O8S/c1-40-54(43-11-7-6-8-12-43)55(40)61(75)68-58-60(72-24-29-80-30-25-72)62-67-52(38-83-62)44-13-16-53-49(35-44)51(36-65(3,4)39-82-64(77)57-45-33-47(34-45)74(69-57)63(58)76)59(73(53)26-31-81-48-17-27-79-28-18-48)50-32-42(37-66-56(50)41(2)78-5)10-9-19-70-20-22-71(23-21-70)46-14-15-46/h6-8,11-13,16,32,35,37-38,40-41,45-48,54-55,57-58,60,69H,14-15,17-31,33-34,36,39H2,1-5H3,(H,68,75)/t40-,41-,45?,47?,54-,55+,57-,58-,60-/m0/s1. The lowest BCUT2D eigenvalue weighted by Gasteiger charge is -2.53. The van der Waals surface area contributed by atoms with Crippen LogP contribution in [0.5, 0.6) is 0 Å². The van der Waals surface area contributed by atoms with Crippen molar-refractivity contribution in [2.45, 2.75) is 128 Å². The van der Waals surface area contributed by atoms with Crippen molar-refractivity contribution < 1.29 is 38.1 Å². The number of nitrogens with zero attached hydrogens (tertiary/aromatic N) is 7. The molecule has 9 heterocycles. The smallest absolute Gasteiger partial charge is 0.325 e. The second-order valence-electron chi connectivity index (χ2n) is 25.4. The van der Waals surface area contributed by atoms with E-state index in [1.54, 1.807) is 12.1 Å². The van der Waals surface area contributed by atoms with E-state index >= 15 is 4.79 Å². The van der Waals surface area contributed by atoms with Gasteiger partial charge in [-0.25, -0.2) is 10.4 Å². The third kappa shape index (κ3) is 11.8. The van der Waals surface area contributed by atoms with Crippen molar-refractivity contribution >= 4 is 40.0 Å². The fourth-order valence-electron chi connectivity index (χ4n) is 14.1. The van der Waals surface area contributed by atoms with Crippen LogP contribution >= 0.6 is 11.3 Å². The molecule has 3 saturated carbocycles. The molecule has 3 aliphatic carbocycles. The molecule has 3 aromatic heterocycles. The van der Waals surface area contributed by atoms with Gasteiger partial charge in [0.25, 0.3) is 5.91 Å². The number of carbonyl (C=O) groups excluding carboxylic acids is 3. The minimum atomic E-state index is -1.03. The van der Waals surface area contributed by atoms with Gasteiger partial charge in [0.1, 0.15) is 17.1 Å². The van der Waals surface area contributed by atoms with Crippen molar-refractivity contribution in [2.75, 3.05) is 92.6 Å². The lowest BCUT2D eigenvalue weighted by atomic mass is 9.73. The van der Waals surface area contributed by atoms with Gasteiger partial charge in [-0.3, -0.25) is 39.1 Å². The highest BCUT2D eigenvalue weighted by molar-refractivity contribution is 7.10. The Balaban J connectivity index is 0.928. The number of morpholine rings is 1. The highest BCUT2D eigenvalue weighted by atomic mass is 32.1. The van der Waals surface area contributed by atoms with Crippen LogP contribution in [0.4, 0.5) is 0 Å². The Kier molecular flexibility index (Phi) is 16.4. The van der Waals surface area contributed by atoms with E-state index in [1.807, 2.05) is 31.3 Å². The van der Waals surface area contributed by atoms with Gasteiger partial charge in [-0.1, -0.05) is 69.0 Å². The maximum atomic E-state index is 15.7. The number of amides is 2. The van der Waals surface area contributed by atoms with Gasteiger partial charge in [-0.15, -0.1) is 11.3 Å². The van der Waals surface area contributed by atoms with Crippen molar-refractivity contribution in [3.63, 3.8) is 0 Å². The number of hydrazine groups is 1. The van der Waals surface area contributed by atoms with Crippen LogP contribution in [0.2, 0.25) is 0 Å². The van der Waals surface area contributed by atoms with E-state index in [2.05, 4.69) is 104 Å². The lowest BCUT2D eigenvalue weighted by Crippen LogP contribution is -2.72. The lowest BCUT2D eigenvalue weighted by molar-refractivity contribution is -0.172. The minimum absolute atomic E-state index is 0.00164. The number of thiazole rings is 1. The predicted octanol–water partition coefficient (Wildman–Crippen LogP) is 7.39. The third-order valence-electron chi connectivity index (χ3n) is 19.2. The molecule has 2 N–H and O–H groups in total. The van der Waals surface area contributed by atoms with E-state index < -0.39 is 23.5 Å². The molecule has 8 fully saturated rings. The molecule has 5 aromatic rings. The van der Waals surface area contributed by atoms with Crippen LogP contribution in [0, 0.1) is 35.0 Å². The number of fused-ring (bicyclic) bond motifs is 4. The summed E-state index contributed by atoms with van der Waals surface area (Å²) in [4.78, 5) is 63.3. The van der Waals surface area contributed by atoms with E-state index in [1.165, 1.54) is 24.2 Å². The molecule has 2 aromatic carbocycles. The molecule has 18 heteroatoms. The van der Waals surface area contributed by atoms with E-state index in [-0.39, 0.29) is 66.3 Å². The van der Waals surface area contributed by atoms with Crippen LogP contribution in [0.25, 0.3) is 33.4 Å². The fourth-order valence-corrected chi connectivity index (χ4v) is 15.1. The molecule has 9 aliphatic rings. The average Bonchev–Trinajstić information content (AvgIpc) is 3.74. The van der Waals surface area contributed by atoms with Gasteiger partial charge in [0.05, 0.1) is 68.3 Å². The zero-order chi connectivity index (χ0) is 56.9. The van der Waals surface area contributed by atoms with Crippen molar-refractivity contribution in [3.8, 4) is 34.4 Å². The molecule has 14 rings (SSSR count). The van der Waals surface area contributed by atoms with Gasteiger partial charge in [0.15, 0.2) is 0 Å². The second kappa shape index (κ2) is 24.1. The molecule has 6 aliphatic heterocycles. The van der Waals surface area contributed by atoms with Gasteiger partial charge >= 0.3 is 5.97 Å². The number of methoxy groups -OCH3 is 1. The Hall–Kier alpha value is -5.59. The quantitative estimate of drug-likeness (QED) is 0.0886. The first kappa shape index (κ1) is 56.5. The number of benzene rings is 2. The summed E-state index contributed by atoms with van der Waals surface area (Å²) >= 11 is 1.51. The summed E-state index contributed by atoms with van der Waals surface area (Å²) in [5.41, 5.74) is 11.3. The van der Waals surface area contributed by atoms with Crippen molar-refractivity contribution in [1.82, 2.24) is 45.0 Å². The summed E-state index contributed by atoms with van der Waals surface area (Å²) in [5.74, 6) is 6.06. The zero-order valence-corrected chi connectivity index (χ0v) is 49.7. The topological polar surface area (TPSA) is 165 Å². The number of hydrogen-bond acceptors (Lipinski definition) is 15. The number of piperazine rings is 1. The summed E-state index contributed by atoms with van der Waals surface area (Å²) in [7, 11) is 1.73.